The fraction of sp³-hybridized carbons (Fsp3) is 0.353. The third-order valence-electron chi connectivity index (χ3n) is 4.14. The zero-order chi connectivity index (χ0) is 17.7. The van der Waals surface area contributed by atoms with Gasteiger partial charge in [-0.1, -0.05) is 24.6 Å². The van der Waals surface area contributed by atoms with E-state index in [1.165, 1.54) is 22.9 Å². The highest BCUT2D eigenvalue weighted by molar-refractivity contribution is 7.89. The molecule has 0 unspecified atom stereocenters. The van der Waals surface area contributed by atoms with E-state index in [-0.39, 0.29) is 17.1 Å². The van der Waals surface area contributed by atoms with Crippen LogP contribution in [0.25, 0.3) is 0 Å². The van der Waals surface area contributed by atoms with Crippen molar-refractivity contribution in [1.29, 1.82) is 0 Å². The summed E-state index contributed by atoms with van der Waals surface area (Å²) in [6.07, 6.45) is 7.10. The van der Waals surface area contributed by atoms with Crippen LogP contribution in [0, 0.1) is 0 Å². The van der Waals surface area contributed by atoms with Gasteiger partial charge in [-0.05, 0) is 24.5 Å². The highest BCUT2D eigenvalue weighted by atomic mass is 32.2. The Hall–Kier alpha value is -2.32. The van der Waals surface area contributed by atoms with Gasteiger partial charge in [0.05, 0.1) is 11.1 Å². The van der Waals surface area contributed by atoms with Crippen molar-refractivity contribution in [2.45, 2.75) is 30.7 Å². The molecule has 2 heterocycles. The van der Waals surface area contributed by atoms with Crippen LogP contribution in [0.15, 0.2) is 47.8 Å². The fourth-order valence-electron chi connectivity index (χ4n) is 2.83. The number of hydrogen-bond acceptors (Lipinski definition) is 5. The molecule has 1 aliphatic rings. The zero-order valence-corrected chi connectivity index (χ0v) is 14.6. The van der Waals surface area contributed by atoms with Gasteiger partial charge in [-0.25, -0.2) is 13.4 Å². The van der Waals surface area contributed by atoms with Crippen molar-refractivity contribution < 1.29 is 13.2 Å². The molecular weight excluding hydrogens is 340 g/mol. The quantitative estimate of drug-likeness (QED) is 0.874. The van der Waals surface area contributed by atoms with Crippen molar-refractivity contribution in [2.24, 2.45) is 0 Å². The summed E-state index contributed by atoms with van der Waals surface area (Å²) in [6, 6.07) is 6.77. The Morgan fingerprint density at radius 2 is 1.88 bits per heavy atom. The molecule has 0 bridgehead atoms. The number of aromatic nitrogens is 2. The SMILES string of the molecule is O=C(NCc1ccccc1S(=O)(=O)N1CCCCC1)c1cnccn1. The lowest BCUT2D eigenvalue weighted by atomic mass is 10.2. The molecule has 1 aromatic carbocycles. The number of benzene rings is 1. The molecule has 1 aliphatic heterocycles. The van der Waals surface area contributed by atoms with Crippen molar-refractivity contribution in [2.75, 3.05) is 13.1 Å². The molecule has 0 radical (unpaired) electrons. The van der Waals surface area contributed by atoms with Crippen LogP contribution in [0.2, 0.25) is 0 Å². The molecule has 132 valence electrons. The number of amides is 1. The van der Waals surface area contributed by atoms with Gasteiger partial charge in [0.15, 0.2) is 0 Å². The van der Waals surface area contributed by atoms with Gasteiger partial charge in [0.2, 0.25) is 10.0 Å². The molecule has 8 heteroatoms. The average Bonchev–Trinajstić information content (AvgIpc) is 2.67. The lowest BCUT2D eigenvalue weighted by molar-refractivity contribution is 0.0945. The van der Waals surface area contributed by atoms with Crippen LogP contribution in [0.4, 0.5) is 0 Å². The smallest absolute Gasteiger partial charge is 0.271 e. The summed E-state index contributed by atoms with van der Waals surface area (Å²) >= 11 is 0. The van der Waals surface area contributed by atoms with E-state index in [4.69, 9.17) is 0 Å². The van der Waals surface area contributed by atoms with Gasteiger partial charge < -0.3 is 5.32 Å². The standard InChI is InChI=1S/C17H20N4O3S/c22-17(15-13-18-8-9-19-15)20-12-14-6-2-3-7-16(14)25(23,24)21-10-4-1-5-11-21/h2-3,6-9,13H,1,4-5,10-12H2,(H,20,22). The third kappa shape index (κ3) is 4.02. The van der Waals surface area contributed by atoms with Crippen LogP contribution in [0.1, 0.15) is 35.3 Å². The number of carbonyl (C=O) groups excluding carboxylic acids is 1. The van der Waals surface area contributed by atoms with Gasteiger partial charge in [0.25, 0.3) is 5.91 Å². The van der Waals surface area contributed by atoms with E-state index in [1.807, 2.05) is 0 Å². The molecule has 1 amide bonds. The van der Waals surface area contributed by atoms with E-state index < -0.39 is 15.9 Å². The fourth-order valence-corrected chi connectivity index (χ4v) is 4.57. The van der Waals surface area contributed by atoms with Gasteiger partial charge in [-0.3, -0.25) is 9.78 Å². The number of piperidine rings is 1. The van der Waals surface area contributed by atoms with Crippen molar-refractivity contribution >= 4 is 15.9 Å². The molecule has 1 aromatic heterocycles. The number of rotatable bonds is 5. The highest BCUT2D eigenvalue weighted by Gasteiger charge is 2.27. The molecule has 3 rings (SSSR count). The zero-order valence-electron chi connectivity index (χ0n) is 13.8. The molecule has 1 fully saturated rings. The van der Waals surface area contributed by atoms with E-state index in [0.29, 0.717) is 18.7 Å². The predicted octanol–water partition coefficient (Wildman–Crippen LogP) is 1.58. The van der Waals surface area contributed by atoms with Crippen LogP contribution >= 0.6 is 0 Å². The largest absolute Gasteiger partial charge is 0.347 e. The molecule has 0 saturated carbocycles. The molecular formula is C17H20N4O3S. The maximum atomic E-state index is 12.9. The molecule has 0 atom stereocenters. The average molecular weight is 360 g/mol. The lowest BCUT2D eigenvalue weighted by Crippen LogP contribution is -2.36. The molecule has 1 saturated heterocycles. The highest BCUT2D eigenvalue weighted by Crippen LogP contribution is 2.23. The summed E-state index contributed by atoms with van der Waals surface area (Å²) in [5.41, 5.74) is 0.754. The van der Waals surface area contributed by atoms with E-state index in [1.54, 1.807) is 24.3 Å². The minimum absolute atomic E-state index is 0.110. The van der Waals surface area contributed by atoms with Crippen molar-refractivity contribution in [3.63, 3.8) is 0 Å². The third-order valence-corrected chi connectivity index (χ3v) is 6.14. The molecule has 1 N–H and O–H groups in total. The summed E-state index contributed by atoms with van der Waals surface area (Å²) in [5, 5.41) is 2.71. The first kappa shape index (κ1) is 17.5. The number of sulfonamides is 1. The van der Waals surface area contributed by atoms with Gasteiger partial charge >= 0.3 is 0 Å². The molecule has 0 spiro atoms. The topological polar surface area (TPSA) is 92.3 Å². The van der Waals surface area contributed by atoms with Crippen molar-refractivity contribution in [1.82, 2.24) is 19.6 Å². The van der Waals surface area contributed by atoms with E-state index in [9.17, 15) is 13.2 Å². The molecule has 0 aliphatic carbocycles. The monoisotopic (exact) mass is 360 g/mol. The van der Waals surface area contributed by atoms with Crippen LogP contribution in [0.3, 0.4) is 0 Å². The Labute approximate surface area is 147 Å². The Morgan fingerprint density at radius 3 is 2.60 bits per heavy atom. The number of hydrogen-bond donors (Lipinski definition) is 1. The first-order valence-corrected chi connectivity index (χ1v) is 9.65. The summed E-state index contributed by atoms with van der Waals surface area (Å²) in [7, 11) is -3.55. The normalized spacial score (nSPS) is 15.7. The number of nitrogens with zero attached hydrogens (tertiary/aromatic N) is 3. The van der Waals surface area contributed by atoms with Crippen molar-refractivity contribution in [3.8, 4) is 0 Å². The minimum Gasteiger partial charge on any atom is -0.347 e. The predicted molar refractivity (Wildman–Crippen MR) is 92.3 cm³/mol. The Balaban J connectivity index is 1.78. The van der Waals surface area contributed by atoms with E-state index >= 15 is 0 Å². The van der Waals surface area contributed by atoms with Crippen molar-refractivity contribution in [3.05, 3.63) is 54.1 Å². The van der Waals surface area contributed by atoms with Crippen LogP contribution in [-0.2, 0) is 16.6 Å². The Kier molecular flexibility index (Phi) is 5.40. The second-order valence-corrected chi connectivity index (χ2v) is 7.75. The lowest BCUT2D eigenvalue weighted by Gasteiger charge is -2.26. The maximum Gasteiger partial charge on any atom is 0.271 e. The number of nitrogens with one attached hydrogen (secondary N) is 1. The van der Waals surface area contributed by atoms with Gasteiger partial charge in [-0.15, -0.1) is 0 Å². The molecule has 2 aromatic rings. The van der Waals surface area contributed by atoms with Crippen LogP contribution in [0.5, 0.6) is 0 Å². The van der Waals surface area contributed by atoms with E-state index in [2.05, 4.69) is 15.3 Å². The summed E-state index contributed by atoms with van der Waals surface area (Å²) in [6.45, 7) is 1.20. The summed E-state index contributed by atoms with van der Waals surface area (Å²) < 4.78 is 27.4. The molecule has 25 heavy (non-hydrogen) atoms. The maximum absolute atomic E-state index is 12.9. The second-order valence-electron chi connectivity index (χ2n) is 5.85. The first-order valence-electron chi connectivity index (χ1n) is 8.21. The van der Waals surface area contributed by atoms with Gasteiger partial charge in [0.1, 0.15) is 5.69 Å². The van der Waals surface area contributed by atoms with E-state index in [0.717, 1.165) is 19.3 Å². The number of carbonyl (C=O) groups is 1. The molecule has 7 nitrogen and oxygen atoms in total. The minimum atomic E-state index is -3.55. The summed E-state index contributed by atoms with van der Waals surface area (Å²) in [4.78, 5) is 20.1. The first-order chi connectivity index (χ1) is 12.1. The van der Waals surface area contributed by atoms with Gasteiger partial charge in [0, 0.05) is 32.0 Å². The van der Waals surface area contributed by atoms with Gasteiger partial charge in [-0.2, -0.15) is 4.31 Å². The summed E-state index contributed by atoms with van der Waals surface area (Å²) in [5.74, 6) is -0.390. The van der Waals surface area contributed by atoms with Crippen LogP contribution in [-0.4, -0.2) is 41.7 Å². The Morgan fingerprint density at radius 1 is 1.12 bits per heavy atom. The Bertz CT molecular complexity index is 834. The second kappa shape index (κ2) is 7.71. The van der Waals surface area contributed by atoms with Crippen LogP contribution < -0.4 is 5.32 Å².